The molecule has 4 rings (SSSR count). The summed E-state index contributed by atoms with van der Waals surface area (Å²) in [5, 5.41) is 6.17. The lowest BCUT2D eigenvalue weighted by Crippen LogP contribution is -2.49. The monoisotopic (exact) mass is 447 g/mol. The lowest BCUT2D eigenvalue weighted by Gasteiger charge is -2.39. The van der Waals surface area contributed by atoms with Crippen molar-refractivity contribution in [2.45, 2.75) is 57.9 Å². The Morgan fingerprint density at radius 3 is 2.61 bits per heavy atom. The number of likely N-dealkylation sites (tertiary alicyclic amines) is 1. The van der Waals surface area contributed by atoms with E-state index in [4.69, 9.17) is 0 Å². The highest BCUT2D eigenvalue weighted by Crippen LogP contribution is 2.28. The van der Waals surface area contributed by atoms with Gasteiger partial charge in [-0.1, -0.05) is 55.3 Å². The zero-order valence-electron chi connectivity index (χ0n) is 19.8. The van der Waals surface area contributed by atoms with Crippen molar-refractivity contribution in [1.29, 1.82) is 0 Å². The molecule has 0 radical (unpaired) electrons. The van der Waals surface area contributed by atoms with Crippen LogP contribution in [0.2, 0.25) is 0 Å². The number of piperidine rings is 1. The maximum absolute atomic E-state index is 12.7. The number of hydrogen-bond acceptors (Lipinski definition) is 3. The molecule has 0 aromatic heterocycles. The second-order valence-corrected chi connectivity index (χ2v) is 9.84. The van der Waals surface area contributed by atoms with E-state index in [0.29, 0.717) is 23.1 Å². The van der Waals surface area contributed by atoms with Crippen molar-refractivity contribution in [2.75, 3.05) is 25.0 Å². The normalized spacial score (nSPS) is 23.6. The number of amides is 2. The molecule has 1 aliphatic carbocycles. The van der Waals surface area contributed by atoms with E-state index < -0.39 is 0 Å². The summed E-state index contributed by atoms with van der Waals surface area (Å²) in [4.78, 5) is 27.0. The fourth-order valence-electron chi connectivity index (χ4n) is 5.53. The van der Waals surface area contributed by atoms with Crippen LogP contribution in [0.4, 0.5) is 10.5 Å². The first-order valence-corrected chi connectivity index (χ1v) is 12.5. The minimum atomic E-state index is -0.173. The standard InChI is InChI=1S/C28H37N3O2/c1-21(32)24-13-7-14-26(18-24)29-28(33)30-27-15-6-5-12-25(27)20-31-16-8-11-23(19-31)17-22-9-3-2-4-10-22/h2-4,7,9-10,13-14,18,23,25,27H,5-6,8,11-12,15-17,19-20H2,1H3,(H2,29,30,33). The highest BCUT2D eigenvalue weighted by molar-refractivity contribution is 5.96. The van der Waals surface area contributed by atoms with Gasteiger partial charge in [0.1, 0.15) is 0 Å². The molecule has 5 heteroatoms. The molecule has 0 spiro atoms. The summed E-state index contributed by atoms with van der Waals surface area (Å²) in [6, 6.07) is 18.0. The quantitative estimate of drug-likeness (QED) is 0.549. The number of ketones is 1. The van der Waals surface area contributed by atoms with Crippen LogP contribution < -0.4 is 10.6 Å². The molecule has 2 fully saturated rings. The van der Waals surface area contributed by atoms with Crippen LogP contribution in [0.3, 0.4) is 0 Å². The first kappa shape index (κ1) is 23.5. The summed E-state index contributed by atoms with van der Waals surface area (Å²) in [6.45, 7) is 4.92. The van der Waals surface area contributed by atoms with Gasteiger partial charge in [-0.2, -0.15) is 0 Å². The highest BCUT2D eigenvalue weighted by Gasteiger charge is 2.30. The fourth-order valence-corrected chi connectivity index (χ4v) is 5.53. The predicted molar refractivity (Wildman–Crippen MR) is 134 cm³/mol. The molecular weight excluding hydrogens is 410 g/mol. The Kier molecular flexibility index (Phi) is 8.16. The van der Waals surface area contributed by atoms with Gasteiger partial charge in [0, 0.05) is 30.4 Å². The average Bonchev–Trinajstić information content (AvgIpc) is 2.81. The number of carbonyl (C=O) groups excluding carboxylic acids is 2. The van der Waals surface area contributed by atoms with Crippen LogP contribution in [0, 0.1) is 11.8 Å². The van der Waals surface area contributed by atoms with Crippen LogP contribution in [0.25, 0.3) is 0 Å². The molecule has 3 unspecified atom stereocenters. The third kappa shape index (κ3) is 6.91. The van der Waals surface area contributed by atoms with Crippen LogP contribution >= 0.6 is 0 Å². The van der Waals surface area contributed by atoms with Crippen molar-refractivity contribution in [2.24, 2.45) is 11.8 Å². The zero-order chi connectivity index (χ0) is 23.0. The van der Waals surface area contributed by atoms with Gasteiger partial charge >= 0.3 is 6.03 Å². The van der Waals surface area contributed by atoms with Gasteiger partial charge in [-0.15, -0.1) is 0 Å². The van der Waals surface area contributed by atoms with Gasteiger partial charge in [-0.05, 0) is 75.1 Å². The van der Waals surface area contributed by atoms with E-state index in [-0.39, 0.29) is 17.9 Å². The van der Waals surface area contributed by atoms with Crippen LogP contribution in [0.5, 0.6) is 0 Å². The number of carbonyl (C=O) groups is 2. The number of nitrogens with zero attached hydrogens (tertiary/aromatic N) is 1. The summed E-state index contributed by atoms with van der Waals surface area (Å²) in [7, 11) is 0. The van der Waals surface area contributed by atoms with Crippen molar-refractivity contribution < 1.29 is 9.59 Å². The number of anilines is 1. The summed E-state index contributed by atoms with van der Waals surface area (Å²) >= 11 is 0. The second-order valence-electron chi connectivity index (χ2n) is 9.84. The van der Waals surface area contributed by atoms with Gasteiger partial charge in [-0.3, -0.25) is 4.79 Å². The minimum Gasteiger partial charge on any atom is -0.335 e. The van der Waals surface area contributed by atoms with E-state index in [0.717, 1.165) is 32.4 Å². The Hall–Kier alpha value is -2.66. The second kappa shape index (κ2) is 11.5. The smallest absolute Gasteiger partial charge is 0.319 e. The van der Waals surface area contributed by atoms with E-state index in [1.54, 1.807) is 18.2 Å². The minimum absolute atomic E-state index is 0.00139. The Morgan fingerprint density at radius 2 is 1.79 bits per heavy atom. The van der Waals surface area contributed by atoms with Crippen LogP contribution in [-0.2, 0) is 6.42 Å². The first-order valence-electron chi connectivity index (χ1n) is 12.5. The van der Waals surface area contributed by atoms with Gasteiger partial charge < -0.3 is 15.5 Å². The van der Waals surface area contributed by atoms with Gasteiger partial charge in [-0.25, -0.2) is 4.79 Å². The summed E-state index contributed by atoms with van der Waals surface area (Å²) in [6.07, 6.45) is 8.34. The summed E-state index contributed by atoms with van der Waals surface area (Å²) in [5.74, 6) is 1.20. The van der Waals surface area contributed by atoms with Crippen molar-refractivity contribution in [3.63, 3.8) is 0 Å². The number of rotatable bonds is 7. The van der Waals surface area contributed by atoms with E-state index in [2.05, 4.69) is 45.9 Å². The van der Waals surface area contributed by atoms with E-state index in [9.17, 15) is 9.59 Å². The van der Waals surface area contributed by atoms with Crippen molar-refractivity contribution in [3.8, 4) is 0 Å². The van der Waals surface area contributed by atoms with Gasteiger partial charge in [0.25, 0.3) is 0 Å². The SMILES string of the molecule is CC(=O)c1cccc(NC(=O)NC2CCCCC2CN2CCCC(Cc3ccccc3)C2)c1. The molecule has 2 amide bonds. The van der Waals surface area contributed by atoms with Crippen LogP contribution in [0.1, 0.15) is 61.4 Å². The van der Waals surface area contributed by atoms with Crippen LogP contribution in [-0.4, -0.2) is 42.4 Å². The lowest BCUT2D eigenvalue weighted by molar-refractivity contribution is 0.101. The summed E-state index contributed by atoms with van der Waals surface area (Å²) < 4.78 is 0. The van der Waals surface area contributed by atoms with Crippen molar-refractivity contribution in [1.82, 2.24) is 10.2 Å². The number of benzene rings is 2. The van der Waals surface area contributed by atoms with Crippen molar-refractivity contribution in [3.05, 3.63) is 65.7 Å². The third-order valence-electron chi connectivity index (χ3n) is 7.22. The number of nitrogens with one attached hydrogen (secondary N) is 2. The fraction of sp³-hybridized carbons (Fsp3) is 0.500. The molecule has 176 valence electrons. The van der Waals surface area contributed by atoms with Crippen LogP contribution in [0.15, 0.2) is 54.6 Å². The highest BCUT2D eigenvalue weighted by atomic mass is 16.2. The van der Waals surface area contributed by atoms with E-state index in [1.165, 1.54) is 44.7 Å². The molecule has 0 bridgehead atoms. The van der Waals surface area contributed by atoms with E-state index >= 15 is 0 Å². The van der Waals surface area contributed by atoms with Gasteiger partial charge in [0.15, 0.2) is 5.78 Å². The molecule has 1 aliphatic heterocycles. The molecule has 3 atom stereocenters. The average molecular weight is 448 g/mol. The molecule has 2 aliphatic rings. The molecule has 5 nitrogen and oxygen atoms in total. The molecule has 1 saturated carbocycles. The largest absolute Gasteiger partial charge is 0.335 e. The maximum atomic E-state index is 12.7. The maximum Gasteiger partial charge on any atom is 0.319 e. The molecule has 1 heterocycles. The van der Waals surface area contributed by atoms with E-state index in [1.807, 2.05) is 6.07 Å². The Balaban J connectivity index is 1.31. The van der Waals surface area contributed by atoms with Gasteiger partial charge in [0.2, 0.25) is 0 Å². The topological polar surface area (TPSA) is 61.4 Å². The Bertz CT molecular complexity index is 930. The molecule has 33 heavy (non-hydrogen) atoms. The molecule has 2 aromatic carbocycles. The Morgan fingerprint density at radius 1 is 0.970 bits per heavy atom. The predicted octanol–water partition coefficient (Wildman–Crippen LogP) is 5.52. The lowest BCUT2D eigenvalue weighted by atomic mass is 9.83. The third-order valence-corrected chi connectivity index (χ3v) is 7.22. The molecule has 1 saturated heterocycles. The molecule has 2 N–H and O–H groups in total. The molecular formula is C28H37N3O2. The number of hydrogen-bond donors (Lipinski definition) is 2. The summed E-state index contributed by atoms with van der Waals surface area (Å²) in [5.41, 5.74) is 2.71. The van der Waals surface area contributed by atoms with Gasteiger partial charge in [0.05, 0.1) is 0 Å². The Labute approximate surface area is 197 Å². The zero-order valence-corrected chi connectivity index (χ0v) is 19.8. The number of Topliss-reactive ketones (excluding diaryl/α,β-unsaturated/α-hetero) is 1. The van der Waals surface area contributed by atoms with Crippen molar-refractivity contribution >= 4 is 17.5 Å². The first-order chi connectivity index (χ1) is 16.1. The number of urea groups is 1. The molecule has 2 aromatic rings.